The van der Waals surface area contributed by atoms with E-state index in [4.69, 9.17) is 0 Å². The van der Waals surface area contributed by atoms with E-state index in [9.17, 15) is 0 Å². The van der Waals surface area contributed by atoms with E-state index in [1.54, 1.807) is 0 Å². The molecule has 0 aliphatic rings. The summed E-state index contributed by atoms with van der Waals surface area (Å²) in [6.07, 6.45) is 3.01. The van der Waals surface area contributed by atoms with Gasteiger partial charge < -0.3 is 4.98 Å². The third-order valence-corrected chi connectivity index (χ3v) is 3.35. The number of benzene rings is 1. The molecule has 2 nitrogen and oxygen atoms in total. The van der Waals surface area contributed by atoms with Gasteiger partial charge in [-0.2, -0.15) is 0 Å². The first-order chi connectivity index (χ1) is 7.70. The van der Waals surface area contributed by atoms with Crippen LogP contribution < -0.4 is 0 Å². The van der Waals surface area contributed by atoms with Gasteiger partial charge in [0.25, 0.3) is 0 Å². The zero-order valence-electron chi connectivity index (χ0n) is 9.50. The van der Waals surface area contributed by atoms with E-state index in [0.29, 0.717) is 5.92 Å². The van der Waals surface area contributed by atoms with Crippen LogP contribution in [-0.4, -0.2) is 9.97 Å². The summed E-state index contributed by atoms with van der Waals surface area (Å²) >= 11 is 3.31. The summed E-state index contributed by atoms with van der Waals surface area (Å²) in [6.45, 7) is 4.46. The molecule has 1 heterocycles. The third kappa shape index (κ3) is 2.35. The van der Waals surface area contributed by atoms with Gasteiger partial charge in [0.2, 0.25) is 0 Å². The van der Waals surface area contributed by atoms with Gasteiger partial charge in [0.05, 0.1) is 11.9 Å². The van der Waals surface area contributed by atoms with Gasteiger partial charge in [-0.15, -0.1) is 0 Å². The Kier molecular flexibility index (Phi) is 3.44. The first-order valence-electron chi connectivity index (χ1n) is 5.51. The minimum atomic E-state index is 0.627. The van der Waals surface area contributed by atoms with Crippen LogP contribution in [0, 0.1) is 0 Å². The Morgan fingerprint density at radius 2 is 2.00 bits per heavy atom. The number of aromatic amines is 1. The number of halogens is 1. The highest BCUT2D eigenvalue weighted by Crippen LogP contribution is 2.23. The fourth-order valence-corrected chi connectivity index (χ4v) is 1.99. The monoisotopic (exact) mass is 278 g/mol. The van der Waals surface area contributed by atoms with Gasteiger partial charge in [-0.05, 0) is 39.4 Å². The molecule has 0 saturated carbocycles. The van der Waals surface area contributed by atoms with Crippen molar-refractivity contribution in [3.05, 3.63) is 40.8 Å². The Morgan fingerprint density at radius 3 is 2.50 bits per heavy atom. The van der Waals surface area contributed by atoms with Crippen molar-refractivity contribution in [2.24, 2.45) is 0 Å². The molecule has 1 aromatic heterocycles. The maximum Gasteiger partial charge on any atom is 0.174 e. The van der Waals surface area contributed by atoms with Crippen molar-refractivity contribution in [3.63, 3.8) is 0 Å². The molecule has 0 radical (unpaired) electrons. The molecule has 0 aliphatic carbocycles. The molecule has 2 rings (SSSR count). The first kappa shape index (κ1) is 11.4. The molecule has 1 unspecified atom stereocenters. The number of nitrogens with zero attached hydrogens (tertiary/aromatic N) is 1. The number of rotatable bonds is 3. The average molecular weight is 279 g/mol. The standard InChI is InChI=1S/C13H15BrN2/c1-3-9(2)10-4-6-11(7-5-10)12-8-15-13(14)16-12/h4-9H,3H2,1-2H3,(H,15,16). The van der Waals surface area contributed by atoms with Gasteiger partial charge in [0.15, 0.2) is 4.73 Å². The van der Waals surface area contributed by atoms with Crippen LogP contribution in [-0.2, 0) is 0 Å². The molecule has 2 aromatic rings. The molecule has 0 spiro atoms. The fourth-order valence-electron chi connectivity index (χ4n) is 1.67. The summed E-state index contributed by atoms with van der Waals surface area (Å²) in [5.41, 5.74) is 3.61. The predicted octanol–water partition coefficient (Wildman–Crippen LogP) is 4.35. The highest BCUT2D eigenvalue weighted by Gasteiger charge is 2.04. The second-order valence-electron chi connectivity index (χ2n) is 4.02. The Morgan fingerprint density at radius 1 is 1.31 bits per heavy atom. The van der Waals surface area contributed by atoms with E-state index in [1.807, 2.05) is 6.20 Å². The lowest BCUT2D eigenvalue weighted by Crippen LogP contribution is -1.90. The Hall–Kier alpha value is -1.09. The lowest BCUT2D eigenvalue weighted by molar-refractivity contribution is 0.734. The van der Waals surface area contributed by atoms with Crippen LogP contribution >= 0.6 is 15.9 Å². The number of hydrogen-bond donors (Lipinski definition) is 1. The lowest BCUT2D eigenvalue weighted by Gasteiger charge is -2.08. The third-order valence-electron chi connectivity index (χ3n) is 2.95. The van der Waals surface area contributed by atoms with Crippen molar-refractivity contribution >= 4 is 15.9 Å². The summed E-state index contributed by atoms with van der Waals surface area (Å²) in [6, 6.07) is 8.67. The molecule has 0 fully saturated rings. The molecule has 84 valence electrons. The van der Waals surface area contributed by atoms with Crippen molar-refractivity contribution in [1.82, 2.24) is 9.97 Å². The van der Waals surface area contributed by atoms with E-state index in [1.165, 1.54) is 17.5 Å². The van der Waals surface area contributed by atoms with E-state index >= 15 is 0 Å². The predicted molar refractivity (Wildman–Crippen MR) is 70.4 cm³/mol. The van der Waals surface area contributed by atoms with E-state index in [-0.39, 0.29) is 0 Å². The van der Waals surface area contributed by atoms with Crippen molar-refractivity contribution in [2.75, 3.05) is 0 Å². The summed E-state index contributed by atoms with van der Waals surface area (Å²) < 4.78 is 0.772. The van der Waals surface area contributed by atoms with Crippen LogP contribution in [0.15, 0.2) is 35.2 Å². The minimum Gasteiger partial charge on any atom is -0.333 e. The quantitative estimate of drug-likeness (QED) is 0.888. The minimum absolute atomic E-state index is 0.627. The maximum atomic E-state index is 4.13. The molecule has 0 saturated heterocycles. The molecule has 16 heavy (non-hydrogen) atoms. The fraction of sp³-hybridized carbons (Fsp3) is 0.308. The summed E-state index contributed by atoms with van der Waals surface area (Å²) in [5.74, 6) is 0.627. The summed E-state index contributed by atoms with van der Waals surface area (Å²) in [5, 5.41) is 0. The summed E-state index contributed by atoms with van der Waals surface area (Å²) in [7, 11) is 0. The van der Waals surface area contributed by atoms with Crippen LogP contribution in [0.2, 0.25) is 0 Å². The highest BCUT2D eigenvalue weighted by atomic mass is 79.9. The van der Waals surface area contributed by atoms with Crippen molar-refractivity contribution in [3.8, 4) is 11.3 Å². The second kappa shape index (κ2) is 4.83. The molecule has 3 heteroatoms. The molecule has 0 amide bonds. The van der Waals surface area contributed by atoms with Crippen LogP contribution in [0.1, 0.15) is 31.7 Å². The van der Waals surface area contributed by atoms with Crippen molar-refractivity contribution in [2.45, 2.75) is 26.2 Å². The normalized spacial score (nSPS) is 12.7. The maximum absolute atomic E-state index is 4.13. The van der Waals surface area contributed by atoms with E-state index < -0.39 is 0 Å². The first-order valence-corrected chi connectivity index (χ1v) is 6.31. The number of hydrogen-bond acceptors (Lipinski definition) is 1. The largest absolute Gasteiger partial charge is 0.333 e. The number of aromatic nitrogens is 2. The van der Waals surface area contributed by atoms with Crippen LogP contribution in [0.5, 0.6) is 0 Å². The average Bonchev–Trinajstić information content (AvgIpc) is 2.75. The van der Waals surface area contributed by atoms with Gasteiger partial charge in [0, 0.05) is 0 Å². The number of nitrogens with one attached hydrogen (secondary N) is 1. The van der Waals surface area contributed by atoms with Crippen LogP contribution in [0.3, 0.4) is 0 Å². The Balaban J connectivity index is 2.25. The van der Waals surface area contributed by atoms with Gasteiger partial charge >= 0.3 is 0 Å². The highest BCUT2D eigenvalue weighted by molar-refractivity contribution is 9.10. The SMILES string of the molecule is CCC(C)c1ccc(-c2cnc(Br)[nH]2)cc1. The zero-order valence-corrected chi connectivity index (χ0v) is 11.1. The van der Waals surface area contributed by atoms with Crippen molar-refractivity contribution < 1.29 is 0 Å². The van der Waals surface area contributed by atoms with Crippen LogP contribution in [0.25, 0.3) is 11.3 Å². The Bertz CT molecular complexity index is 459. The van der Waals surface area contributed by atoms with Crippen LogP contribution in [0.4, 0.5) is 0 Å². The van der Waals surface area contributed by atoms with Crippen molar-refractivity contribution in [1.29, 1.82) is 0 Å². The number of H-pyrrole nitrogens is 1. The van der Waals surface area contributed by atoms with E-state index in [0.717, 1.165) is 10.4 Å². The molecule has 0 aliphatic heterocycles. The molecular weight excluding hydrogens is 264 g/mol. The van der Waals surface area contributed by atoms with Gasteiger partial charge in [-0.25, -0.2) is 4.98 Å². The molecular formula is C13H15BrN2. The second-order valence-corrected chi connectivity index (χ2v) is 4.77. The van der Waals surface area contributed by atoms with E-state index in [2.05, 4.69) is 64.0 Å². The molecule has 0 bridgehead atoms. The van der Waals surface area contributed by atoms with Gasteiger partial charge in [0.1, 0.15) is 0 Å². The lowest BCUT2D eigenvalue weighted by atomic mass is 9.97. The Labute approximate surface area is 104 Å². The van der Waals surface area contributed by atoms with Gasteiger partial charge in [-0.1, -0.05) is 38.1 Å². The zero-order chi connectivity index (χ0) is 11.5. The molecule has 1 aromatic carbocycles. The summed E-state index contributed by atoms with van der Waals surface area (Å²) in [4.78, 5) is 7.29. The number of imidazole rings is 1. The molecule has 1 N–H and O–H groups in total. The van der Waals surface area contributed by atoms with Gasteiger partial charge in [-0.3, -0.25) is 0 Å². The topological polar surface area (TPSA) is 28.7 Å². The molecule has 1 atom stereocenters. The smallest absolute Gasteiger partial charge is 0.174 e.